The standard InChI is InChI=1S/C14H28N4O/c1-12-10-15-11-13(12)14(19)18-8-6-17(7-9-18)5-4-16(2)3/h12-13,15H,4-11H2,1-3H3/t12-,13-/m1/s1. The van der Waals surface area contributed by atoms with Gasteiger partial charge in [0.1, 0.15) is 0 Å². The van der Waals surface area contributed by atoms with E-state index in [1.807, 2.05) is 0 Å². The first-order valence-electron chi connectivity index (χ1n) is 7.44. The number of nitrogens with zero attached hydrogens (tertiary/aromatic N) is 3. The third kappa shape index (κ3) is 3.91. The van der Waals surface area contributed by atoms with Crippen molar-refractivity contribution >= 4 is 5.91 Å². The Balaban J connectivity index is 1.75. The van der Waals surface area contributed by atoms with E-state index in [0.717, 1.165) is 52.4 Å². The van der Waals surface area contributed by atoms with Crippen LogP contribution < -0.4 is 5.32 Å². The molecule has 0 saturated carbocycles. The molecule has 2 fully saturated rings. The fourth-order valence-corrected chi connectivity index (χ4v) is 2.91. The number of likely N-dealkylation sites (N-methyl/N-ethyl adjacent to an activating group) is 1. The quantitative estimate of drug-likeness (QED) is 0.749. The van der Waals surface area contributed by atoms with Crippen LogP contribution in [-0.2, 0) is 4.79 Å². The molecule has 0 aliphatic carbocycles. The molecule has 0 unspecified atom stereocenters. The van der Waals surface area contributed by atoms with Crippen LogP contribution in [0.3, 0.4) is 0 Å². The number of amides is 1. The molecule has 2 atom stereocenters. The van der Waals surface area contributed by atoms with E-state index in [0.29, 0.717) is 11.8 Å². The van der Waals surface area contributed by atoms with Crippen molar-refractivity contribution in [2.75, 3.05) is 66.5 Å². The van der Waals surface area contributed by atoms with Crippen LogP contribution in [0.15, 0.2) is 0 Å². The minimum atomic E-state index is 0.202. The van der Waals surface area contributed by atoms with E-state index in [1.54, 1.807) is 0 Å². The molecule has 0 spiro atoms. The van der Waals surface area contributed by atoms with Crippen LogP contribution in [-0.4, -0.2) is 87.1 Å². The van der Waals surface area contributed by atoms with Gasteiger partial charge >= 0.3 is 0 Å². The number of nitrogens with one attached hydrogen (secondary N) is 1. The normalized spacial score (nSPS) is 29.2. The van der Waals surface area contributed by atoms with Crippen LogP contribution >= 0.6 is 0 Å². The average molecular weight is 268 g/mol. The number of carbonyl (C=O) groups is 1. The van der Waals surface area contributed by atoms with Crippen LogP contribution in [0.5, 0.6) is 0 Å². The summed E-state index contributed by atoms with van der Waals surface area (Å²) in [5, 5.41) is 3.32. The van der Waals surface area contributed by atoms with Crippen LogP contribution in [0, 0.1) is 11.8 Å². The van der Waals surface area contributed by atoms with Gasteiger partial charge in [0.15, 0.2) is 0 Å². The van der Waals surface area contributed by atoms with Gasteiger partial charge in [-0.1, -0.05) is 6.92 Å². The van der Waals surface area contributed by atoms with E-state index >= 15 is 0 Å². The first kappa shape index (κ1) is 14.8. The van der Waals surface area contributed by atoms with Gasteiger partial charge in [-0.05, 0) is 26.6 Å². The predicted molar refractivity (Wildman–Crippen MR) is 77.1 cm³/mol. The third-order valence-corrected chi connectivity index (χ3v) is 4.38. The van der Waals surface area contributed by atoms with E-state index in [1.165, 1.54) is 0 Å². The molecule has 0 aromatic carbocycles. The highest BCUT2D eigenvalue weighted by molar-refractivity contribution is 5.79. The topological polar surface area (TPSA) is 38.8 Å². The summed E-state index contributed by atoms with van der Waals surface area (Å²) in [6.07, 6.45) is 0. The molecular weight excluding hydrogens is 240 g/mol. The minimum absolute atomic E-state index is 0.202. The van der Waals surface area contributed by atoms with Crippen LogP contribution in [0.1, 0.15) is 6.92 Å². The summed E-state index contributed by atoms with van der Waals surface area (Å²) in [5.41, 5.74) is 0. The second-order valence-electron chi connectivity index (χ2n) is 6.21. The second-order valence-corrected chi connectivity index (χ2v) is 6.21. The van der Waals surface area contributed by atoms with Gasteiger partial charge in [-0.15, -0.1) is 0 Å². The van der Waals surface area contributed by atoms with Crippen molar-refractivity contribution in [3.8, 4) is 0 Å². The van der Waals surface area contributed by atoms with Crippen molar-refractivity contribution in [3.63, 3.8) is 0 Å². The smallest absolute Gasteiger partial charge is 0.227 e. The highest BCUT2D eigenvalue weighted by atomic mass is 16.2. The van der Waals surface area contributed by atoms with Gasteiger partial charge < -0.3 is 15.1 Å². The molecule has 0 radical (unpaired) electrons. The average Bonchev–Trinajstić information content (AvgIpc) is 2.82. The van der Waals surface area contributed by atoms with Crippen LogP contribution in [0.2, 0.25) is 0 Å². The van der Waals surface area contributed by atoms with E-state index in [4.69, 9.17) is 0 Å². The van der Waals surface area contributed by atoms with Gasteiger partial charge in [-0.3, -0.25) is 9.69 Å². The molecule has 5 heteroatoms. The highest BCUT2D eigenvalue weighted by Crippen LogP contribution is 2.19. The van der Waals surface area contributed by atoms with Crippen LogP contribution in [0.4, 0.5) is 0 Å². The maximum absolute atomic E-state index is 12.4. The van der Waals surface area contributed by atoms with Crippen molar-refractivity contribution in [1.29, 1.82) is 0 Å². The Hall–Kier alpha value is -0.650. The molecule has 1 amide bonds. The Morgan fingerprint density at radius 3 is 2.42 bits per heavy atom. The van der Waals surface area contributed by atoms with E-state index in [-0.39, 0.29) is 5.92 Å². The first-order valence-corrected chi connectivity index (χ1v) is 7.44. The lowest BCUT2D eigenvalue weighted by Gasteiger charge is -2.36. The summed E-state index contributed by atoms with van der Waals surface area (Å²) in [6.45, 7) is 10.1. The summed E-state index contributed by atoms with van der Waals surface area (Å²) in [7, 11) is 4.21. The van der Waals surface area contributed by atoms with Crippen molar-refractivity contribution in [2.45, 2.75) is 6.92 Å². The second kappa shape index (κ2) is 6.68. The van der Waals surface area contributed by atoms with Gasteiger partial charge in [0.05, 0.1) is 5.92 Å². The lowest BCUT2D eigenvalue weighted by molar-refractivity contribution is -0.137. The zero-order valence-corrected chi connectivity index (χ0v) is 12.6. The van der Waals surface area contributed by atoms with Crippen molar-refractivity contribution in [1.82, 2.24) is 20.0 Å². The molecule has 2 heterocycles. The van der Waals surface area contributed by atoms with Crippen molar-refractivity contribution < 1.29 is 4.79 Å². The van der Waals surface area contributed by atoms with Gasteiger partial charge in [0.2, 0.25) is 5.91 Å². The summed E-state index contributed by atoms with van der Waals surface area (Å²) in [5.74, 6) is 1.05. The van der Waals surface area contributed by atoms with Gasteiger partial charge in [-0.25, -0.2) is 0 Å². The van der Waals surface area contributed by atoms with Crippen LogP contribution in [0.25, 0.3) is 0 Å². The largest absolute Gasteiger partial charge is 0.340 e. The lowest BCUT2D eigenvalue weighted by atomic mass is 9.96. The first-order chi connectivity index (χ1) is 9.08. The molecule has 110 valence electrons. The monoisotopic (exact) mass is 268 g/mol. The maximum atomic E-state index is 12.4. The summed E-state index contributed by atoms with van der Waals surface area (Å²) < 4.78 is 0. The van der Waals surface area contributed by atoms with E-state index < -0.39 is 0 Å². The number of rotatable bonds is 4. The van der Waals surface area contributed by atoms with Gasteiger partial charge in [0.25, 0.3) is 0 Å². The lowest BCUT2D eigenvalue weighted by Crippen LogP contribution is -2.52. The molecule has 5 nitrogen and oxygen atoms in total. The molecule has 0 aromatic rings. The molecular formula is C14H28N4O. The number of carbonyl (C=O) groups excluding carboxylic acids is 1. The van der Waals surface area contributed by atoms with Gasteiger partial charge in [-0.2, -0.15) is 0 Å². The molecule has 19 heavy (non-hydrogen) atoms. The fraction of sp³-hybridized carbons (Fsp3) is 0.929. The van der Waals surface area contributed by atoms with Crippen molar-refractivity contribution in [2.24, 2.45) is 11.8 Å². The number of hydrogen-bond donors (Lipinski definition) is 1. The minimum Gasteiger partial charge on any atom is -0.340 e. The Bertz CT molecular complexity index is 300. The molecule has 2 saturated heterocycles. The van der Waals surface area contributed by atoms with Crippen molar-refractivity contribution in [3.05, 3.63) is 0 Å². The Kier molecular flexibility index (Phi) is 5.19. The number of piperazine rings is 1. The van der Waals surface area contributed by atoms with E-state index in [9.17, 15) is 4.79 Å². The molecule has 1 N–H and O–H groups in total. The summed E-state index contributed by atoms with van der Waals surface area (Å²) >= 11 is 0. The molecule has 0 bridgehead atoms. The third-order valence-electron chi connectivity index (χ3n) is 4.38. The SMILES string of the molecule is C[C@@H]1CNC[C@H]1C(=O)N1CCN(CCN(C)C)CC1. The van der Waals surface area contributed by atoms with Gasteiger partial charge in [0, 0.05) is 45.8 Å². The Morgan fingerprint density at radius 2 is 1.89 bits per heavy atom. The molecule has 2 aliphatic heterocycles. The van der Waals surface area contributed by atoms with E-state index in [2.05, 4.69) is 41.0 Å². The maximum Gasteiger partial charge on any atom is 0.227 e. The predicted octanol–water partition coefficient (Wildman–Crippen LogP) is -0.452. The number of hydrogen-bond acceptors (Lipinski definition) is 4. The Morgan fingerprint density at radius 1 is 1.21 bits per heavy atom. The Labute approximate surface area is 116 Å². The zero-order chi connectivity index (χ0) is 13.8. The molecule has 2 aliphatic rings. The summed E-state index contributed by atoms with van der Waals surface area (Å²) in [4.78, 5) is 19.2. The zero-order valence-electron chi connectivity index (χ0n) is 12.6. The molecule has 2 rings (SSSR count). The summed E-state index contributed by atoms with van der Waals surface area (Å²) in [6, 6.07) is 0. The molecule has 0 aromatic heterocycles. The fourth-order valence-electron chi connectivity index (χ4n) is 2.91. The highest BCUT2D eigenvalue weighted by Gasteiger charge is 2.33.